The minimum atomic E-state index is -4.73. The number of halogens is 3. The number of carboxylic acid groups (broad SMARTS) is 1. The number of benzene rings is 3. The maximum Gasteiger partial charge on any atom is 0.429 e. The molecule has 0 aliphatic carbocycles. The summed E-state index contributed by atoms with van der Waals surface area (Å²) in [7, 11) is 0. The quantitative estimate of drug-likeness (QED) is 0.285. The minimum Gasteiger partial charge on any atom is -0.480 e. The molecule has 4 rings (SSSR count). The van der Waals surface area contributed by atoms with Crippen LogP contribution in [0.25, 0.3) is 22.4 Å². The number of aromatic nitrogens is 2. The monoisotopic (exact) mass is 522 g/mol. The number of carbonyl (C=O) groups is 1. The molecule has 3 aromatic carbocycles. The second-order valence-electron chi connectivity index (χ2n) is 8.83. The van der Waals surface area contributed by atoms with E-state index in [-0.39, 0.29) is 29.5 Å². The van der Waals surface area contributed by atoms with Gasteiger partial charge >= 0.3 is 12.1 Å². The maximum absolute atomic E-state index is 14.0. The van der Waals surface area contributed by atoms with Crippen molar-refractivity contribution in [3.63, 3.8) is 0 Å². The van der Waals surface area contributed by atoms with E-state index >= 15 is 0 Å². The fraction of sp³-hybridized carbons (Fsp3) is 0.179. The number of alkyl halides is 3. The summed E-state index contributed by atoms with van der Waals surface area (Å²) in [4.78, 5) is 18.9. The molecule has 7 nitrogen and oxygen atoms in total. The Hall–Kier alpha value is -4.44. The average molecular weight is 523 g/mol. The molecule has 1 heterocycles. The summed E-state index contributed by atoms with van der Waals surface area (Å²) in [6.45, 7) is 1.94. The third-order valence-corrected chi connectivity index (χ3v) is 5.84. The van der Waals surface area contributed by atoms with Crippen LogP contribution in [0.5, 0.6) is 5.88 Å². The summed E-state index contributed by atoms with van der Waals surface area (Å²) >= 11 is 0. The average Bonchev–Trinajstić information content (AvgIpc) is 2.87. The van der Waals surface area contributed by atoms with Crippen molar-refractivity contribution in [2.75, 3.05) is 5.73 Å². The van der Waals surface area contributed by atoms with Crippen LogP contribution in [0, 0.1) is 6.92 Å². The van der Waals surface area contributed by atoms with Gasteiger partial charge in [-0.3, -0.25) is 4.79 Å². The van der Waals surface area contributed by atoms with Crippen molar-refractivity contribution in [2.24, 2.45) is 5.73 Å². The Morgan fingerprint density at radius 2 is 1.61 bits per heavy atom. The molecule has 0 amide bonds. The summed E-state index contributed by atoms with van der Waals surface area (Å²) in [5.41, 5.74) is 15.4. The Morgan fingerprint density at radius 3 is 2.21 bits per heavy atom. The Morgan fingerprint density at radius 1 is 0.947 bits per heavy atom. The number of hydrogen-bond donors (Lipinski definition) is 3. The van der Waals surface area contributed by atoms with Crippen LogP contribution in [-0.2, 0) is 11.2 Å². The van der Waals surface area contributed by atoms with E-state index in [1.165, 1.54) is 18.2 Å². The van der Waals surface area contributed by atoms with Crippen LogP contribution in [-0.4, -0.2) is 33.3 Å². The van der Waals surface area contributed by atoms with Gasteiger partial charge < -0.3 is 21.3 Å². The molecule has 0 bridgehead atoms. The molecular weight excluding hydrogens is 497 g/mol. The standard InChI is InChI=1S/C28H25F3N4O3/c1-16-3-2-4-21(13-16)18-9-11-20(12-10-18)25(28(29,30)31)38-24-15-23(34-27(33)35-24)19-7-5-17(6-8-19)14-22(32)26(36)37/h2-13,15,22,25H,14,32H2,1H3,(H,36,37)(H2,33,34,35)/t22-,25+/m0/s1. The zero-order chi connectivity index (χ0) is 27.4. The second kappa shape index (κ2) is 10.9. The number of rotatable bonds is 8. The van der Waals surface area contributed by atoms with Gasteiger partial charge in [0.1, 0.15) is 6.04 Å². The van der Waals surface area contributed by atoms with Crippen LogP contribution in [0.3, 0.4) is 0 Å². The van der Waals surface area contributed by atoms with Gasteiger partial charge in [0.2, 0.25) is 17.9 Å². The highest BCUT2D eigenvalue weighted by molar-refractivity contribution is 5.73. The van der Waals surface area contributed by atoms with E-state index in [0.29, 0.717) is 11.1 Å². The van der Waals surface area contributed by atoms with Gasteiger partial charge in [-0.15, -0.1) is 0 Å². The zero-order valence-electron chi connectivity index (χ0n) is 20.3. The number of nitrogen functional groups attached to an aromatic ring is 1. The van der Waals surface area contributed by atoms with E-state index < -0.39 is 24.3 Å². The van der Waals surface area contributed by atoms with Crippen molar-refractivity contribution in [3.8, 4) is 28.3 Å². The molecule has 0 unspecified atom stereocenters. The third kappa shape index (κ3) is 6.46. The van der Waals surface area contributed by atoms with Crippen LogP contribution >= 0.6 is 0 Å². The van der Waals surface area contributed by atoms with E-state index in [2.05, 4.69) is 9.97 Å². The van der Waals surface area contributed by atoms with Gasteiger partial charge in [-0.1, -0.05) is 78.4 Å². The number of ether oxygens (including phenoxy) is 1. The van der Waals surface area contributed by atoms with Crippen molar-refractivity contribution in [2.45, 2.75) is 31.7 Å². The SMILES string of the molecule is Cc1cccc(-c2ccc([C@@H](Oc3cc(-c4ccc(C[C@H](N)C(=O)O)cc4)nc(N)n3)C(F)(F)F)cc2)c1. The molecule has 0 aliphatic rings. The number of hydrogen-bond acceptors (Lipinski definition) is 6. The Bertz CT molecular complexity index is 1420. The Labute approximate surface area is 216 Å². The Kier molecular flexibility index (Phi) is 7.63. The molecular formula is C28H25F3N4O3. The van der Waals surface area contributed by atoms with Crippen molar-refractivity contribution < 1.29 is 27.8 Å². The molecule has 196 valence electrons. The van der Waals surface area contributed by atoms with E-state index in [4.69, 9.17) is 21.3 Å². The first-order valence-electron chi connectivity index (χ1n) is 11.6. The molecule has 10 heteroatoms. The Balaban J connectivity index is 1.58. The smallest absolute Gasteiger partial charge is 0.429 e. The van der Waals surface area contributed by atoms with Crippen LogP contribution < -0.4 is 16.2 Å². The van der Waals surface area contributed by atoms with Crippen molar-refractivity contribution >= 4 is 11.9 Å². The summed E-state index contributed by atoms with van der Waals surface area (Å²) in [6, 6.07) is 20.5. The molecule has 0 fully saturated rings. The summed E-state index contributed by atoms with van der Waals surface area (Å²) in [5, 5.41) is 8.97. The predicted octanol–water partition coefficient (Wildman–Crippen LogP) is 5.34. The van der Waals surface area contributed by atoms with Crippen LogP contribution in [0.15, 0.2) is 78.9 Å². The zero-order valence-corrected chi connectivity index (χ0v) is 20.3. The molecule has 0 spiro atoms. The molecule has 38 heavy (non-hydrogen) atoms. The highest BCUT2D eigenvalue weighted by atomic mass is 19.4. The summed E-state index contributed by atoms with van der Waals surface area (Å²) in [5.74, 6) is -1.72. The highest BCUT2D eigenvalue weighted by Crippen LogP contribution is 2.38. The lowest BCUT2D eigenvalue weighted by atomic mass is 10.0. The van der Waals surface area contributed by atoms with Crippen molar-refractivity contribution in [3.05, 3.63) is 95.6 Å². The molecule has 0 saturated heterocycles. The topological polar surface area (TPSA) is 124 Å². The number of aryl methyl sites for hydroxylation is 1. The van der Waals surface area contributed by atoms with Crippen molar-refractivity contribution in [1.29, 1.82) is 0 Å². The molecule has 4 aromatic rings. The minimum absolute atomic E-state index is 0.0910. The van der Waals surface area contributed by atoms with E-state index in [9.17, 15) is 18.0 Å². The molecule has 0 aliphatic heterocycles. The number of anilines is 1. The van der Waals surface area contributed by atoms with E-state index in [1.54, 1.807) is 36.4 Å². The molecule has 0 saturated carbocycles. The molecule has 1 aromatic heterocycles. The lowest BCUT2D eigenvalue weighted by Crippen LogP contribution is -2.32. The van der Waals surface area contributed by atoms with Gasteiger partial charge in [-0.2, -0.15) is 18.2 Å². The fourth-order valence-corrected chi connectivity index (χ4v) is 3.92. The van der Waals surface area contributed by atoms with Crippen LogP contribution in [0.1, 0.15) is 22.8 Å². The van der Waals surface area contributed by atoms with E-state index in [0.717, 1.165) is 16.7 Å². The van der Waals surface area contributed by atoms with Gasteiger partial charge in [0, 0.05) is 17.2 Å². The lowest BCUT2D eigenvalue weighted by Gasteiger charge is -2.22. The summed E-state index contributed by atoms with van der Waals surface area (Å²) < 4.78 is 47.5. The predicted molar refractivity (Wildman–Crippen MR) is 137 cm³/mol. The molecule has 2 atom stereocenters. The van der Waals surface area contributed by atoms with Gasteiger partial charge in [0.05, 0.1) is 5.69 Å². The van der Waals surface area contributed by atoms with Crippen LogP contribution in [0.4, 0.5) is 19.1 Å². The first-order valence-corrected chi connectivity index (χ1v) is 11.6. The van der Waals surface area contributed by atoms with Gasteiger partial charge in [0.25, 0.3) is 0 Å². The van der Waals surface area contributed by atoms with Gasteiger partial charge in [-0.25, -0.2) is 4.98 Å². The van der Waals surface area contributed by atoms with Crippen molar-refractivity contribution in [1.82, 2.24) is 9.97 Å². The first kappa shape index (κ1) is 26.6. The fourth-order valence-electron chi connectivity index (χ4n) is 3.92. The number of aliphatic carboxylic acids is 1. The van der Waals surface area contributed by atoms with Gasteiger partial charge in [-0.05, 0) is 30.0 Å². The first-order chi connectivity index (χ1) is 18.0. The van der Waals surface area contributed by atoms with Gasteiger partial charge in [0.15, 0.2) is 0 Å². The largest absolute Gasteiger partial charge is 0.480 e. The second-order valence-corrected chi connectivity index (χ2v) is 8.83. The molecule has 5 N–H and O–H groups in total. The lowest BCUT2D eigenvalue weighted by molar-refractivity contribution is -0.198. The highest BCUT2D eigenvalue weighted by Gasteiger charge is 2.43. The molecule has 0 radical (unpaired) electrons. The third-order valence-electron chi connectivity index (χ3n) is 5.84. The maximum atomic E-state index is 14.0. The number of carboxylic acids is 1. The van der Waals surface area contributed by atoms with Crippen LogP contribution in [0.2, 0.25) is 0 Å². The normalized spacial score (nSPS) is 13.1. The number of nitrogens with two attached hydrogens (primary N) is 2. The van der Waals surface area contributed by atoms with E-state index in [1.807, 2.05) is 31.2 Å². The summed E-state index contributed by atoms with van der Waals surface area (Å²) in [6.07, 6.45) is -6.89. The number of nitrogens with zero attached hydrogens (tertiary/aromatic N) is 2.